The van der Waals surface area contributed by atoms with E-state index in [0.29, 0.717) is 23.6 Å². The number of hydrogen-bond donors (Lipinski definition) is 1. The van der Waals surface area contributed by atoms with E-state index in [1.165, 1.54) is 0 Å². The van der Waals surface area contributed by atoms with E-state index in [9.17, 15) is 4.79 Å². The third kappa shape index (κ3) is 3.89. The molecule has 0 aliphatic carbocycles. The minimum atomic E-state index is -0.140. The predicted molar refractivity (Wildman–Crippen MR) is 106 cm³/mol. The van der Waals surface area contributed by atoms with Crippen molar-refractivity contribution >= 4 is 16.9 Å². The molecule has 142 valence electrons. The van der Waals surface area contributed by atoms with Crippen LogP contribution in [0.1, 0.15) is 28.2 Å². The summed E-state index contributed by atoms with van der Waals surface area (Å²) in [4.78, 5) is 17.1. The number of fused-ring (bicyclic) bond motifs is 1. The van der Waals surface area contributed by atoms with E-state index in [4.69, 9.17) is 9.47 Å². The molecule has 0 fully saturated rings. The molecule has 3 rings (SSSR count). The second-order valence-corrected chi connectivity index (χ2v) is 6.41. The minimum Gasteiger partial charge on any atom is -0.496 e. The van der Waals surface area contributed by atoms with Crippen LogP contribution in [0.4, 0.5) is 0 Å². The van der Waals surface area contributed by atoms with Crippen molar-refractivity contribution in [2.24, 2.45) is 0 Å². The lowest BCUT2D eigenvalue weighted by Crippen LogP contribution is -2.25. The van der Waals surface area contributed by atoms with Gasteiger partial charge in [0.25, 0.3) is 5.91 Å². The highest BCUT2D eigenvalue weighted by Gasteiger charge is 2.13. The first-order chi connectivity index (χ1) is 13.0. The van der Waals surface area contributed by atoms with Crippen molar-refractivity contribution < 1.29 is 14.3 Å². The lowest BCUT2D eigenvalue weighted by Gasteiger charge is -2.13. The van der Waals surface area contributed by atoms with Crippen molar-refractivity contribution in [3.8, 4) is 11.5 Å². The van der Waals surface area contributed by atoms with Gasteiger partial charge in [0.2, 0.25) is 0 Å². The van der Waals surface area contributed by atoms with E-state index in [1.807, 2.05) is 32.0 Å². The smallest absolute Gasteiger partial charge is 0.251 e. The Labute approximate surface area is 159 Å². The standard InChI is InChI=1S/C21H25N3O3/c1-14-19(26-3)12-16(13-20(14)27-4)21(25)22-10-7-11-24-15(2)23-17-8-5-6-9-18(17)24/h5-6,8-9,12-13H,7,10-11H2,1-4H3,(H,22,25). The number of rotatable bonds is 7. The van der Waals surface area contributed by atoms with Gasteiger partial charge in [0.05, 0.1) is 25.3 Å². The second-order valence-electron chi connectivity index (χ2n) is 6.41. The van der Waals surface area contributed by atoms with Gasteiger partial charge in [-0.1, -0.05) is 12.1 Å². The molecule has 2 aromatic carbocycles. The van der Waals surface area contributed by atoms with E-state index in [1.54, 1.807) is 26.4 Å². The van der Waals surface area contributed by atoms with Gasteiger partial charge in [-0.3, -0.25) is 4.79 Å². The Hall–Kier alpha value is -3.02. The van der Waals surface area contributed by atoms with Gasteiger partial charge in [-0.2, -0.15) is 0 Å². The molecule has 0 atom stereocenters. The number of hydrogen-bond acceptors (Lipinski definition) is 4. The van der Waals surface area contributed by atoms with Crippen LogP contribution in [-0.4, -0.2) is 36.2 Å². The molecule has 0 bridgehead atoms. The molecule has 27 heavy (non-hydrogen) atoms. The molecule has 1 amide bonds. The zero-order chi connectivity index (χ0) is 19.4. The molecule has 1 aromatic heterocycles. The van der Waals surface area contributed by atoms with Crippen LogP contribution in [0.3, 0.4) is 0 Å². The second kappa shape index (κ2) is 8.12. The Bertz CT molecular complexity index is 937. The third-order valence-electron chi connectivity index (χ3n) is 4.70. The summed E-state index contributed by atoms with van der Waals surface area (Å²) in [6.07, 6.45) is 0.813. The monoisotopic (exact) mass is 367 g/mol. The van der Waals surface area contributed by atoms with Gasteiger partial charge in [0.1, 0.15) is 17.3 Å². The van der Waals surface area contributed by atoms with Crippen LogP contribution in [-0.2, 0) is 6.54 Å². The lowest BCUT2D eigenvalue weighted by molar-refractivity contribution is 0.0952. The van der Waals surface area contributed by atoms with Crippen LogP contribution in [0.25, 0.3) is 11.0 Å². The molecule has 0 saturated heterocycles. The first kappa shape index (κ1) is 18.8. The van der Waals surface area contributed by atoms with Crippen LogP contribution in [0, 0.1) is 13.8 Å². The summed E-state index contributed by atoms with van der Waals surface area (Å²) in [5.74, 6) is 2.12. The maximum atomic E-state index is 12.5. The molecule has 0 aliphatic rings. The molecule has 0 spiro atoms. The molecule has 6 nitrogen and oxygen atoms in total. The van der Waals surface area contributed by atoms with E-state index in [-0.39, 0.29) is 5.91 Å². The first-order valence-corrected chi connectivity index (χ1v) is 8.98. The molecule has 1 N–H and O–H groups in total. The van der Waals surface area contributed by atoms with Gasteiger partial charge in [0.15, 0.2) is 0 Å². The molecule has 0 radical (unpaired) electrons. The number of nitrogens with one attached hydrogen (secondary N) is 1. The summed E-state index contributed by atoms with van der Waals surface area (Å²) in [6.45, 7) is 5.27. The minimum absolute atomic E-state index is 0.140. The third-order valence-corrected chi connectivity index (χ3v) is 4.70. The van der Waals surface area contributed by atoms with Gasteiger partial charge in [-0.15, -0.1) is 0 Å². The maximum absolute atomic E-state index is 12.5. The number of benzene rings is 2. The van der Waals surface area contributed by atoms with Crippen LogP contribution >= 0.6 is 0 Å². The molecule has 0 saturated carbocycles. The van der Waals surface area contributed by atoms with Gasteiger partial charge in [-0.05, 0) is 44.5 Å². The number of carbonyl (C=O) groups excluding carboxylic acids is 1. The van der Waals surface area contributed by atoms with Crippen molar-refractivity contribution in [1.29, 1.82) is 0 Å². The summed E-state index contributed by atoms with van der Waals surface area (Å²) in [5.41, 5.74) is 3.52. The maximum Gasteiger partial charge on any atom is 0.251 e. The van der Waals surface area contributed by atoms with Crippen LogP contribution < -0.4 is 14.8 Å². The Morgan fingerprint density at radius 3 is 2.44 bits per heavy atom. The predicted octanol–water partition coefficient (Wildman–Crippen LogP) is 3.49. The van der Waals surface area contributed by atoms with Crippen LogP contribution in [0.2, 0.25) is 0 Å². The quantitative estimate of drug-likeness (QED) is 0.649. The number of imidazole rings is 1. The molecule has 6 heteroatoms. The number of nitrogens with zero attached hydrogens (tertiary/aromatic N) is 2. The van der Waals surface area contributed by atoms with E-state index in [2.05, 4.69) is 20.9 Å². The molecule has 0 aliphatic heterocycles. The van der Waals surface area contributed by atoms with Crippen LogP contribution in [0.15, 0.2) is 36.4 Å². The Balaban J connectivity index is 1.62. The largest absolute Gasteiger partial charge is 0.496 e. The number of amides is 1. The fraction of sp³-hybridized carbons (Fsp3) is 0.333. The number of para-hydroxylation sites is 2. The van der Waals surface area contributed by atoms with Crippen molar-refractivity contribution in [3.05, 3.63) is 53.3 Å². The average molecular weight is 367 g/mol. The van der Waals surface area contributed by atoms with Gasteiger partial charge in [-0.25, -0.2) is 4.98 Å². The van der Waals surface area contributed by atoms with Crippen molar-refractivity contribution in [2.45, 2.75) is 26.8 Å². The van der Waals surface area contributed by atoms with Crippen molar-refractivity contribution in [2.75, 3.05) is 20.8 Å². The molecular weight excluding hydrogens is 342 g/mol. The van der Waals surface area contributed by atoms with Gasteiger partial charge >= 0.3 is 0 Å². The molecule has 0 unspecified atom stereocenters. The van der Waals surface area contributed by atoms with Crippen LogP contribution in [0.5, 0.6) is 11.5 Å². The summed E-state index contributed by atoms with van der Waals surface area (Å²) < 4.78 is 12.9. The zero-order valence-corrected chi connectivity index (χ0v) is 16.2. The van der Waals surface area contributed by atoms with Gasteiger partial charge in [0, 0.05) is 24.2 Å². The average Bonchev–Trinajstić information content (AvgIpc) is 3.00. The summed E-state index contributed by atoms with van der Waals surface area (Å²) in [7, 11) is 3.17. The zero-order valence-electron chi connectivity index (χ0n) is 16.2. The summed E-state index contributed by atoms with van der Waals surface area (Å²) in [5, 5.41) is 2.97. The SMILES string of the molecule is COc1cc(C(=O)NCCCn2c(C)nc3ccccc32)cc(OC)c1C. The van der Waals surface area contributed by atoms with E-state index >= 15 is 0 Å². The molecule has 1 heterocycles. The highest BCUT2D eigenvalue weighted by molar-refractivity contribution is 5.95. The van der Waals surface area contributed by atoms with E-state index in [0.717, 1.165) is 35.4 Å². The first-order valence-electron chi connectivity index (χ1n) is 8.98. The lowest BCUT2D eigenvalue weighted by atomic mass is 10.1. The van der Waals surface area contributed by atoms with Gasteiger partial charge < -0.3 is 19.4 Å². The highest BCUT2D eigenvalue weighted by Crippen LogP contribution is 2.29. The summed E-state index contributed by atoms with van der Waals surface area (Å²) in [6, 6.07) is 11.6. The van der Waals surface area contributed by atoms with Crippen molar-refractivity contribution in [3.63, 3.8) is 0 Å². The molecular formula is C21H25N3O3. The number of carbonyl (C=O) groups is 1. The fourth-order valence-electron chi connectivity index (χ4n) is 3.24. The fourth-order valence-corrected chi connectivity index (χ4v) is 3.24. The number of ether oxygens (including phenoxy) is 2. The highest BCUT2D eigenvalue weighted by atomic mass is 16.5. The Kier molecular flexibility index (Phi) is 5.64. The topological polar surface area (TPSA) is 65.4 Å². The Morgan fingerprint density at radius 1 is 1.11 bits per heavy atom. The summed E-state index contributed by atoms with van der Waals surface area (Å²) >= 11 is 0. The number of aryl methyl sites for hydroxylation is 2. The number of aromatic nitrogens is 2. The Morgan fingerprint density at radius 2 is 1.78 bits per heavy atom. The molecule has 3 aromatic rings. The number of methoxy groups -OCH3 is 2. The normalized spacial score (nSPS) is 10.8. The van der Waals surface area contributed by atoms with Crippen molar-refractivity contribution in [1.82, 2.24) is 14.9 Å². The van der Waals surface area contributed by atoms with E-state index < -0.39 is 0 Å².